The third kappa shape index (κ3) is 5.75. The molecule has 1 rings (SSSR count). The Hall–Kier alpha value is -1.55. The van der Waals surface area contributed by atoms with Gasteiger partial charge in [0.25, 0.3) is 5.91 Å². The van der Waals surface area contributed by atoms with E-state index >= 15 is 0 Å². The highest BCUT2D eigenvalue weighted by atomic mass is 16.5. The highest BCUT2D eigenvalue weighted by Gasteiger charge is 2.09. The number of nitrogens with one attached hydrogen (secondary N) is 1. The van der Waals surface area contributed by atoms with Crippen LogP contribution in [0.2, 0.25) is 0 Å². The largest absolute Gasteiger partial charge is 0.481 e. The van der Waals surface area contributed by atoms with Crippen LogP contribution in [0.1, 0.15) is 32.8 Å². The van der Waals surface area contributed by atoms with Gasteiger partial charge in [0.2, 0.25) is 0 Å². The first kappa shape index (κ1) is 15.5. The van der Waals surface area contributed by atoms with Crippen LogP contribution in [-0.2, 0) is 11.2 Å². The minimum atomic E-state index is -0.598. The monoisotopic (exact) mass is 264 g/mol. The van der Waals surface area contributed by atoms with Crippen LogP contribution in [0.4, 0.5) is 0 Å². The molecular weight excluding hydrogens is 240 g/mol. The number of primary amides is 1. The van der Waals surface area contributed by atoms with Crippen molar-refractivity contribution in [2.24, 2.45) is 5.73 Å². The fraction of sp³-hybridized carbons (Fsp3) is 0.533. The van der Waals surface area contributed by atoms with Gasteiger partial charge in [0.05, 0.1) is 0 Å². The maximum atomic E-state index is 10.9. The summed E-state index contributed by atoms with van der Waals surface area (Å²) in [6.45, 7) is 6.95. The molecule has 106 valence electrons. The number of ether oxygens (including phenoxy) is 1. The quantitative estimate of drug-likeness (QED) is 0.753. The number of benzene rings is 1. The molecule has 0 heterocycles. The first-order valence-corrected chi connectivity index (χ1v) is 6.81. The Kier molecular flexibility index (Phi) is 6.36. The second-order valence-corrected chi connectivity index (χ2v) is 4.80. The second kappa shape index (κ2) is 7.79. The molecule has 0 aliphatic carbocycles. The molecule has 0 saturated heterocycles. The molecule has 0 aliphatic heterocycles. The first-order chi connectivity index (χ1) is 9.02. The summed E-state index contributed by atoms with van der Waals surface area (Å²) in [5.74, 6) is 0.221. The highest BCUT2D eigenvalue weighted by molar-refractivity contribution is 5.78. The molecule has 1 aromatic rings. The SMILES string of the molecule is CCNC(C)CCc1ccc(OC(C)C(N)=O)cc1. The predicted molar refractivity (Wildman–Crippen MR) is 77.2 cm³/mol. The van der Waals surface area contributed by atoms with E-state index in [1.54, 1.807) is 6.92 Å². The summed E-state index contributed by atoms with van der Waals surface area (Å²) in [6.07, 6.45) is 1.53. The number of hydrogen-bond acceptors (Lipinski definition) is 3. The van der Waals surface area contributed by atoms with E-state index in [9.17, 15) is 4.79 Å². The molecular formula is C15H24N2O2. The lowest BCUT2D eigenvalue weighted by molar-refractivity contribution is -0.123. The van der Waals surface area contributed by atoms with E-state index in [0.29, 0.717) is 11.8 Å². The Morgan fingerprint density at radius 3 is 2.47 bits per heavy atom. The Balaban J connectivity index is 2.45. The molecule has 2 atom stereocenters. The number of amides is 1. The van der Waals surface area contributed by atoms with Gasteiger partial charge in [-0.15, -0.1) is 0 Å². The Morgan fingerprint density at radius 2 is 1.95 bits per heavy atom. The molecule has 4 heteroatoms. The van der Waals surface area contributed by atoms with Crippen molar-refractivity contribution in [2.75, 3.05) is 6.54 Å². The maximum absolute atomic E-state index is 10.9. The molecule has 0 saturated carbocycles. The lowest BCUT2D eigenvalue weighted by atomic mass is 10.1. The standard InChI is InChI=1S/C15H24N2O2/c1-4-17-11(2)5-6-13-7-9-14(10-8-13)19-12(3)15(16)18/h7-12,17H,4-6H2,1-3H3,(H2,16,18). The molecule has 4 nitrogen and oxygen atoms in total. The number of carbonyl (C=O) groups is 1. The van der Waals surface area contributed by atoms with E-state index in [2.05, 4.69) is 19.2 Å². The van der Waals surface area contributed by atoms with Gasteiger partial charge in [-0.1, -0.05) is 19.1 Å². The zero-order chi connectivity index (χ0) is 14.3. The molecule has 2 unspecified atom stereocenters. The van der Waals surface area contributed by atoms with Crippen LogP contribution in [0.25, 0.3) is 0 Å². The lowest BCUT2D eigenvalue weighted by Crippen LogP contribution is -2.30. The summed E-state index contributed by atoms with van der Waals surface area (Å²) in [7, 11) is 0. The highest BCUT2D eigenvalue weighted by Crippen LogP contribution is 2.15. The maximum Gasteiger partial charge on any atom is 0.258 e. The molecule has 0 radical (unpaired) electrons. The summed E-state index contributed by atoms with van der Waals surface area (Å²) in [5.41, 5.74) is 6.42. The van der Waals surface area contributed by atoms with Crippen LogP contribution in [0, 0.1) is 0 Å². The number of carbonyl (C=O) groups excluding carboxylic acids is 1. The fourth-order valence-electron chi connectivity index (χ4n) is 1.83. The summed E-state index contributed by atoms with van der Waals surface area (Å²) >= 11 is 0. The van der Waals surface area contributed by atoms with Gasteiger partial charge in [0, 0.05) is 6.04 Å². The van der Waals surface area contributed by atoms with Gasteiger partial charge in [-0.3, -0.25) is 4.79 Å². The zero-order valence-corrected chi connectivity index (χ0v) is 12.0. The van der Waals surface area contributed by atoms with Crippen molar-refractivity contribution < 1.29 is 9.53 Å². The van der Waals surface area contributed by atoms with Crippen LogP contribution >= 0.6 is 0 Å². The summed E-state index contributed by atoms with van der Waals surface area (Å²) in [4.78, 5) is 10.9. The topological polar surface area (TPSA) is 64.3 Å². The third-order valence-electron chi connectivity index (χ3n) is 3.06. The van der Waals surface area contributed by atoms with E-state index in [0.717, 1.165) is 19.4 Å². The number of nitrogens with two attached hydrogens (primary N) is 1. The molecule has 0 bridgehead atoms. The van der Waals surface area contributed by atoms with Crippen molar-refractivity contribution in [1.29, 1.82) is 0 Å². The van der Waals surface area contributed by atoms with E-state index in [4.69, 9.17) is 10.5 Å². The second-order valence-electron chi connectivity index (χ2n) is 4.80. The van der Waals surface area contributed by atoms with Gasteiger partial charge in [-0.2, -0.15) is 0 Å². The Labute approximate surface area is 115 Å². The van der Waals surface area contributed by atoms with Gasteiger partial charge in [-0.25, -0.2) is 0 Å². The molecule has 0 spiro atoms. The zero-order valence-electron chi connectivity index (χ0n) is 12.0. The molecule has 1 amide bonds. The number of aryl methyl sites for hydroxylation is 1. The smallest absolute Gasteiger partial charge is 0.258 e. The molecule has 19 heavy (non-hydrogen) atoms. The number of rotatable bonds is 8. The average Bonchev–Trinajstić information content (AvgIpc) is 2.38. The Bertz CT molecular complexity index is 390. The minimum Gasteiger partial charge on any atom is -0.481 e. The normalized spacial score (nSPS) is 13.8. The van der Waals surface area contributed by atoms with E-state index < -0.39 is 12.0 Å². The van der Waals surface area contributed by atoms with Crippen LogP contribution in [0.15, 0.2) is 24.3 Å². The van der Waals surface area contributed by atoms with E-state index in [1.807, 2.05) is 24.3 Å². The molecule has 3 N–H and O–H groups in total. The van der Waals surface area contributed by atoms with Crippen LogP contribution < -0.4 is 15.8 Å². The number of hydrogen-bond donors (Lipinski definition) is 2. The van der Waals surface area contributed by atoms with Gasteiger partial charge in [-0.05, 0) is 50.9 Å². The van der Waals surface area contributed by atoms with Crippen molar-refractivity contribution in [3.8, 4) is 5.75 Å². The van der Waals surface area contributed by atoms with Gasteiger partial charge in [0.1, 0.15) is 5.75 Å². The van der Waals surface area contributed by atoms with Crippen LogP contribution in [0.5, 0.6) is 5.75 Å². The Morgan fingerprint density at radius 1 is 1.32 bits per heavy atom. The predicted octanol–water partition coefficient (Wildman–Crippen LogP) is 1.87. The van der Waals surface area contributed by atoms with E-state index in [-0.39, 0.29) is 0 Å². The first-order valence-electron chi connectivity index (χ1n) is 6.81. The average molecular weight is 264 g/mol. The molecule has 1 aromatic carbocycles. The van der Waals surface area contributed by atoms with Crippen LogP contribution in [0.3, 0.4) is 0 Å². The van der Waals surface area contributed by atoms with Crippen molar-refractivity contribution in [3.63, 3.8) is 0 Å². The van der Waals surface area contributed by atoms with Gasteiger partial charge < -0.3 is 15.8 Å². The summed E-state index contributed by atoms with van der Waals surface area (Å²) in [5, 5.41) is 3.39. The molecule has 0 aliphatic rings. The molecule has 0 aromatic heterocycles. The minimum absolute atomic E-state index is 0.455. The third-order valence-corrected chi connectivity index (χ3v) is 3.06. The van der Waals surface area contributed by atoms with E-state index in [1.165, 1.54) is 5.56 Å². The van der Waals surface area contributed by atoms with Crippen LogP contribution in [-0.4, -0.2) is 24.6 Å². The fourth-order valence-corrected chi connectivity index (χ4v) is 1.83. The van der Waals surface area contributed by atoms with Crippen molar-refractivity contribution in [3.05, 3.63) is 29.8 Å². The van der Waals surface area contributed by atoms with Crippen molar-refractivity contribution in [2.45, 2.75) is 45.8 Å². The van der Waals surface area contributed by atoms with Gasteiger partial charge in [0.15, 0.2) is 6.10 Å². The van der Waals surface area contributed by atoms with Crippen molar-refractivity contribution in [1.82, 2.24) is 5.32 Å². The summed E-state index contributed by atoms with van der Waals surface area (Å²) < 4.78 is 5.41. The van der Waals surface area contributed by atoms with Crippen molar-refractivity contribution >= 4 is 5.91 Å². The summed E-state index contributed by atoms with van der Waals surface area (Å²) in [6, 6.07) is 8.35. The molecule has 0 fully saturated rings. The van der Waals surface area contributed by atoms with Gasteiger partial charge >= 0.3 is 0 Å². The lowest BCUT2D eigenvalue weighted by Gasteiger charge is -2.13.